The number of carbonyl (C=O) groups excluding carboxylic acids is 1. The van der Waals surface area contributed by atoms with Gasteiger partial charge in [0.2, 0.25) is 5.91 Å². The summed E-state index contributed by atoms with van der Waals surface area (Å²) in [4.78, 5) is 13.5. The number of hydrogen-bond acceptors (Lipinski definition) is 6. The molecule has 1 N–H and O–H groups in total. The molecule has 1 heterocycles. The van der Waals surface area contributed by atoms with Crippen molar-refractivity contribution in [3.8, 4) is 17.2 Å². The molecule has 0 saturated heterocycles. The SMILES string of the molecule is CCC1(CC)C[C@H](NC(=O)CN(c2ccccc2)S(=O)(=O)c2ccc(OC)c(OC)c2)c2ccccc2O1. The van der Waals surface area contributed by atoms with Crippen LogP contribution in [0, 0.1) is 0 Å². The molecule has 4 rings (SSSR count). The average molecular weight is 539 g/mol. The number of para-hydroxylation sites is 2. The van der Waals surface area contributed by atoms with Crippen molar-refractivity contribution in [2.75, 3.05) is 25.1 Å². The molecule has 202 valence electrons. The van der Waals surface area contributed by atoms with E-state index in [9.17, 15) is 13.2 Å². The molecule has 1 atom stereocenters. The Morgan fingerprint density at radius 3 is 2.29 bits per heavy atom. The highest BCUT2D eigenvalue weighted by atomic mass is 32.2. The van der Waals surface area contributed by atoms with E-state index in [1.54, 1.807) is 30.3 Å². The van der Waals surface area contributed by atoms with Crippen molar-refractivity contribution in [3.05, 3.63) is 78.4 Å². The summed E-state index contributed by atoms with van der Waals surface area (Å²) in [6.07, 6.45) is 2.17. The number of amides is 1. The standard InChI is InChI=1S/C29H34N2O6S/c1-5-29(6-2)19-24(23-14-10-11-15-25(23)37-29)30-28(32)20-31(21-12-8-7-9-13-21)38(33,34)22-16-17-26(35-3)27(18-22)36-4/h7-18,24H,5-6,19-20H2,1-4H3,(H,30,32)/t24-/m0/s1. The lowest BCUT2D eigenvalue weighted by Crippen LogP contribution is -2.47. The van der Waals surface area contributed by atoms with E-state index < -0.39 is 28.1 Å². The van der Waals surface area contributed by atoms with Gasteiger partial charge in [-0.1, -0.05) is 50.2 Å². The average Bonchev–Trinajstić information content (AvgIpc) is 2.95. The molecule has 1 aliphatic heterocycles. The zero-order valence-corrected chi connectivity index (χ0v) is 23.0. The molecule has 9 heteroatoms. The van der Waals surface area contributed by atoms with Crippen molar-refractivity contribution in [1.29, 1.82) is 0 Å². The minimum absolute atomic E-state index is 0.0146. The van der Waals surface area contributed by atoms with E-state index in [1.807, 2.05) is 24.3 Å². The summed E-state index contributed by atoms with van der Waals surface area (Å²) < 4.78 is 45.7. The van der Waals surface area contributed by atoms with Crippen LogP contribution in [0.4, 0.5) is 5.69 Å². The van der Waals surface area contributed by atoms with Gasteiger partial charge in [0.15, 0.2) is 11.5 Å². The van der Waals surface area contributed by atoms with Crippen LogP contribution < -0.4 is 23.8 Å². The maximum atomic E-state index is 13.9. The van der Waals surface area contributed by atoms with E-state index in [4.69, 9.17) is 14.2 Å². The van der Waals surface area contributed by atoms with Gasteiger partial charge in [0.25, 0.3) is 10.0 Å². The van der Waals surface area contributed by atoms with Crippen LogP contribution in [0.5, 0.6) is 17.2 Å². The number of sulfonamides is 1. The number of rotatable bonds is 10. The predicted octanol–water partition coefficient (Wildman–Crippen LogP) is 5.10. The Balaban J connectivity index is 1.66. The Bertz CT molecular complexity index is 1370. The summed E-state index contributed by atoms with van der Waals surface area (Å²) in [5.41, 5.74) is 0.852. The molecule has 38 heavy (non-hydrogen) atoms. The number of hydrogen-bond donors (Lipinski definition) is 1. The van der Waals surface area contributed by atoms with Gasteiger partial charge in [-0.2, -0.15) is 0 Å². The third-order valence-electron chi connectivity index (χ3n) is 7.10. The molecular formula is C29H34N2O6S. The number of fused-ring (bicyclic) bond motifs is 1. The highest BCUT2D eigenvalue weighted by Gasteiger charge is 2.39. The third kappa shape index (κ3) is 5.43. The van der Waals surface area contributed by atoms with Crippen LogP contribution in [0.2, 0.25) is 0 Å². The second kappa shape index (κ2) is 11.3. The maximum Gasteiger partial charge on any atom is 0.264 e. The van der Waals surface area contributed by atoms with E-state index in [1.165, 1.54) is 32.4 Å². The van der Waals surface area contributed by atoms with Crippen LogP contribution in [-0.2, 0) is 14.8 Å². The fraction of sp³-hybridized carbons (Fsp3) is 0.345. The van der Waals surface area contributed by atoms with E-state index in [-0.39, 0.29) is 16.7 Å². The number of nitrogens with one attached hydrogen (secondary N) is 1. The first-order chi connectivity index (χ1) is 18.3. The summed E-state index contributed by atoms with van der Waals surface area (Å²) >= 11 is 0. The van der Waals surface area contributed by atoms with Gasteiger partial charge >= 0.3 is 0 Å². The minimum Gasteiger partial charge on any atom is -0.493 e. The molecule has 3 aromatic carbocycles. The first-order valence-corrected chi connectivity index (χ1v) is 14.1. The van der Waals surface area contributed by atoms with E-state index in [0.717, 1.165) is 28.5 Å². The van der Waals surface area contributed by atoms with E-state index >= 15 is 0 Å². The Kier molecular flexibility index (Phi) is 8.16. The normalized spacial score (nSPS) is 16.1. The molecule has 0 aromatic heterocycles. The molecule has 3 aromatic rings. The van der Waals surface area contributed by atoms with Crippen LogP contribution in [-0.4, -0.2) is 40.7 Å². The summed E-state index contributed by atoms with van der Waals surface area (Å²) in [5, 5.41) is 3.09. The van der Waals surface area contributed by atoms with Crippen LogP contribution in [0.15, 0.2) is 77.7 Å². The summed E-state index contributed by atoms with van der Waals surface area (Å²) in [5.74, 6) is 1.01. The zero-order valence-electron chi connectivity index (χ0n) is 22.1. The molecule has 0 spiro atoms. The lowest BCUT2D eigenvalue weighted by Gasteiger charge is -2.41. The molecule has 1 amide bonds. The molecule has 0 saturated carbocycles. The summed E-state index contributed by atoms with van der Waals surface area (Å²) in [6.45, 7) is 3.75. The molecule has 0 fully saturated rings. The highest BCUT2D eigenvalue weighted by Crippen LogP contribution is 2.42. The molecule has 0 radical (unpaired) electrons. The Morgan fingerprint density at radius 2 is 1.63 bits per heavy atom. The topological polar surface area (TPSA) is 94.2 Å². The largest absolute Gasteiger partial charge is 0.493 e. The van der Waals surface area contributed by atoms with Crippen molar-refractivity contribution in [2.45, 2.75) is 49.6 Å². The first-order valence-electron chi connectivity index (χ1n) is 12.6. The lowest BCUT2D eigenvalue weighted by atomic mass is 9.83. The highest BCUT2D eigenvalue weighted by molar-refractivity contribution is 7.92. The van der Waals surface area contributed by atoms with Gasteiger partial charge < -0.3 is 19.5 Å². The van der Waals surface area contributed by atoms with E-state index in [0.29, 0.717) is 17.9 Å². The lowest BCUT2D eigenvalue weighted by molar-refractivity contribution is -0.121. The monoisotopic (exact) mass is 538 g/mol. The van der Waals surface area contributed by atoms with Crippen LogP contribution in [0.1, 0.15) is 44.7 Å². The van der Waals surface area contributed by atoms with Gasteiger partial charge in [0.05, 0.1) is 30.8 Å². The Labute approximate surface area is 224 Å². The van der Waals surface area contributed by atoms with Gasteiger partial charge in [-0.3, -0.25) is 9.10 Å². The van der Waals surface area contributed by atoms with Crippen molar-refractivity contribution in [1.82, 2.24) is 5.32 Å². The van der Waals surface area contributed by atoms with Crippen LogP contribution in [0.25, 0.3) is 0 Å². The van der Waals surface area contributed by atoms with E-state index in [2.05, 4.69) is 19.2 Å². The Hall–Kier alpha value is -3.72. The number of methoxy groups -OCH3 is 2. The molecule has 1 aliphatic rings. The van der Waals surface area contributed by atoms with Gasteiger partial charge in [-0.25, -0.2) is 8.42 Å². The van der Waals surface area contributed by atoms with Crippen molar-refractivity contribution >= 4 is 21.6 Å². The van der Waals surface area contributed by atoms with Crippen molar-refractivity contribution in [3.63, 3.8) is 0 Å². The van der Waals surface area contributed by atoms with Gasteiger partial charge in [-0.15, -0.1) is 0 Å². The maximum absolute atomic E-state index is 13.9. The third-order valence-corrected chi connectivity index (χ3v) is 8.87. The first kappa shape index (κ1) is 27.3. The fourth-order valence-corrected chi connectivity index (χ4v) is 6.25. The van der Waals surface area contributed by atoms with Gasteiger partial charge in [0, 0.05) is 18.1 Å². The number of ether oxygens (including phenoxy) is 3. The Morgan fingerprint density at radius 1 is 0.974 bits per heavy atom. The van der Waals surface area contributed by atoms with Gasteiger partial charge in [-0.05, 0) is 43.2 Å². The van der Waals surface area contributed by atoms with Crippen LogP contribution in [0.3, 0.4) is 0 Å². The second-order valence-corrected chi connectivity index (χ2v) is 11.1. The number of nitrogens with zero attached hydrogens (tertiary/aromatic N) is 1. The molecule has 8 nitrogen and oxygen atoms in total. The number of benzene rings is 3. The number of carbonyl (C=O) groups is 1. The number of anilines is 1. The summed E-state index contributed by atoms with van der Waals surface area (Å²) in [6, 6.07) is 20.3. The second-order valence-electron chi connectivity index (χ2n) is 9.22. The quantitative estimate of drug-likeness (QED) is 0.386. The van der Waals surface area contributed by atoms with Crippen LogP contribution >= 0.6 is 0 Å². The minimum atomic E-state index is -4.13. The fourth-order valence-electron chi connectivity index (χ4n) is 4.81. The van der Waals surface area contributed by atoms with Gasteiger partial charge in [0.1, 0.15) is 17.9 Å². The smallest absolute Gasteiger partial charge is 0.264 e. The summed E-state index contributed by atoms with van der Waals surface area (Å²) in [7, 11) is -1.21. The predicted molar refractivity (Wildman–Crippen MR) is 146 cm³/mol. The molecule has 0 bridgehead atoms. The van der Waals surface area contributed by atoms with Crippen molar-refractivity contribution in [2.24, 2.45) is 0 Å². The molecular weight excluding hydrogens is 504 g/mol. The molecule has 0 unspecified atom stereocenters. The molecule has 0 aliphatic carbocycles. The zero-order chi connectivity index (χ0) is 27.3. The van der Waals surface area contributed by atoms with Crippen molar-refractivity contribution < 1.29 is 27.4 Å².